The second-order valence-electron chi connectivity index (χ2n) is 6.45. The lowest BCUT2D eigenvalue weighted by atomic mass is 9.81. The van der Waals surface area contributed by atoms with E-state index in [2.05, 4.69) is 10.6 Å². The predicted molar refractivity (Wildman–Crippen MR) is 93.2 cm³/mol. The minimum Gasteiger partial charge on any atom is -0.465 e. The van der Waals surface area contributed by atoms with E-state index >= 15 is 0 Å². The topological polar surface area (TPSA) is 131 Å². The Bertz CT molecular complexity index is 642. The fourth-order valence-corrected chi connectivity index (χ4v) is 3.34. The van der Waals surface area contributed by atoms with Crippen LogP contribution in [0.15, 0.2) is 24.3 Å². The number of ether oxygens (including phenoxy) is 1. The molecule has 1 aromatic rings. The van der Waals surface area contributed by atoms with Crippen molar-refractivity contribution in [2.75, 3.05) is 0 Å². The standard InChI is InChI=1S/C17H23N3O6/c1-11(18-16(21)22)15(12-5-3-2-4-6-12)19-17(23)26-14-9-7-13(8-10-14)20(24)25/h7-12,15,18H,2-6H2,1H3,(H,19,23)(H,21,22). The molecule has 142 valence electrons. The summed E-state index contributed by atoms with van der Waals surface area (Å²) in [5.74, 6) is 0.337. The van der Waals surface area contributed by atoms with Crippen molar-refractivity contribution in [2.45, 2.75) is 51.1 Å². The molecule has 2 amide bonds. The molecule has 9 heteroatoms. The molecule has 0 radical (unpaired) electrons. The normalized spacial score (nSPS) is 17.0. The highest BCUT2D eigenvalue weighted by atomic mass is 16.6. The zero-order valence-corrected chi connectivity index (χ0v) is 14.5. The highest BCUT2D eigenvalue weighted by Gasteiger charge is 2.31. The van der Waals surface area contributed by atoms with Gasteiger partial charge in [0.15, 0.2) is 0 Å². The van der Waals surface area contributed by atoms with Gasteiger partial charge in [0.05, 0.1) is 11.0 Å². The highest BCUT2D eigenvalue weighted by molar-refractivity contribution is 5.71. The maximum absolute atomic E-state index is 12.2. The van der Waals surface area contributed by atoms with Gasteiger partial charge in [-0.3, -0.25) is 10.1 Å². The monoisotopic (exact) mass is 365 g/mol. The maximum atomic E-state index is 12.2. The number of carbonyl (C=O) groups excluding carboxylic acids is 1. The van der Waals surface area contributed by atoms with Gasteiger partial charge in [0, 0.05) is 18.2 Å². The van der Waals surface area contributed by atoms with Crippen molar-refractivity contribution in [3.05, 3.63) is 34.4 Å². The van der Waals surface area contributed by atoms with Crippen LogP contribution in [0, 0.1) is 16.0 Å². The molecule has 0 bridgehead atoms. The molecule has 0 spiro atoms. The van der Waals surface area contributed by atoms with E-state index < -0.39 is 29.2 Å². The number of rotatable bonds is 6. The van der Waals surface area contributed by atoms with E-state index in [0.717, 1.165) is 32.1 Å². The molecule has 0 aliphatic heterocycles. The van der Waals surface area contributed by atoms with Gasteiger partial charge in [-0.05, 0) is 37.8 Å². The number of carbonyl (C=O) groups is 2. The van der Waals surface area contributed by atoms with Gasteiger partial charge in [0.25, 0.3) is 5.69 Å². The van der Waals surface area contributed by atoms with Crippen LogP contribution in [0.25, 0.3) is 0 Å². The molecule has 1 aliphatic rings. The maximum Gasteiger partial charge on any atom is 0.412 e. The summed E-state index contributed by atoms with van der Waals surface area (Å²) >= 11 is 0. The van der Waals surface area contributed by atoms with Gasteiger partial charge < -0.3 is 20.5 Å². The summed E-state index contributed by atoms with van der Waals surface area (Å²) in [6.07, 6.45) is 3.18. The number of nitro groups is 1. The lowest BCUT2D eigenvalue weighted by Crippen LogP contribution is -2.54. The Balaban J connectivity index is 2.02. The molecule has 2 atom stereocenters. The first kappa shape index (κ1) is 19.5. The van der Waals surface area contributed by atoms with Crippen LogP contribution in [-0.4, -0.2) is 34.3 Å². The van der Waals surface area contributed by atoms with Gasteiger partial charge in [-0.15, -0.1) is 0 Å². The number of hydrogen-bond acceptors (Lipinski definition) is 5. The fraction of sp³-hybridized carbons (Fsp3) is 0.529. The molecular formula is C17H23N3O6. The quantitative estimate of drug-likeness (QED) is 0.524. The lowest BCUT2D eigenvalue weighted by Gasteiger charge is -2.34. The molecule has 2 rings (SSSR count). The summed E-state index contributed by atoms with van der Waals surface area (Å²) < 4.78 is 5.18. The Morgan fingerprint density at radius 1 is 1.19 bits per heavy atom. The number of amides is 2. The van der Waals surface area contributed by atoms with E-state index in [9.17, 15) is 19.7 Å². The number of nitrogens with one attached hydrogen (secondary N) is 2. The molecular weight excluding hydrogens is 342 g/mol. The first-order chi connectivity index (χ1) is 12.4. The Morgan fingerprint density at radius 3 is 2.35 bits per heavy atom. The molecule has 1 aromatic carbocycles. The Hall–Kier alpha value is -2.84. The van der Waals surface area contributed by atoms with Crippen molar-refractivity contribution < 1.29 is 24.4 Å². The molecule has 2 unspecified atom stereocenters. The number of carboxylic acid groups (broad SMARTS) is 1. The fourth-order valence-electron chi connectivity index (χ4n) is 3.34. The van der Waals surface area contributed by atoms with Crippen LogP contribution < -0.4 is 15.4 Å². The minimum absolute atomic E-state index is 0.0999. The van der Waals surface area contributed by atoms with Gasteiger partial charge in [-0.1, -0.05) is 19.3 Å². The summed E-state index contributed by atoms with van der Waals surface area (Å²) in [5.41, 5.74) is -0.0999. The van der Waals surface area contributed by atoms with Crippen molar-refractivity contribution in [3.63, 3.8) is 0 Å². The lowest BCUT2D eigenvalue weighted by molar-refractivity contribution is -0.384. The largest absolute Gasteiger partial charge is 0.465 e. The summed E-state index contributed by atoms with van der Waals surface area (Å²) in [7, 11) is 0. The molecule has 26 heavy (non-hydrogen) atoms. The zero-order valence-electron chi connectivity index (χ0n) is 14.5. The predicted octanol–water partition coefficient (Wildman–Crippen LogP) is 3.29. The molecule has 0 heterocycles. The second kappa shape index (κ2) is 9.02. The van der Waals surface area contributed by atoms with Gasteiger partial charge in [0.1, 0.15) is 5.75 Å². The molecule has 3 N–H and O–H groups in total. The Labute approximate surface area is 150 Å². The Kier molecular flexibility index (Phi) is 6.76. The molecule has 1 aliphatic carbocycles. The zero-order chi connectivity index (χ0) is 19.1. The van der Waals surface area contributed by atoms with Gasteiger partial charge >= 0.3 is 12.2 Å². The third-order valence-electron chi connectivity index (χ3n) is 4.59. The van der Waals surface area contributed by atoms with E-state index in [-0.39, 0.29) is 17.4 Å². The van der Waals surface area contributed by atoms with Crippen LogP contribution in [0.5, 0.6) is 5.75 Å². The third kappa shape index (κ3) is 5.61. The minimum atomic E-state index is -1.15. The number of nitrogens with zero attached hydrogens (tertiary/aromatic N) is 1. The van der Waals surface area contributed by atoms with Crippen LogP contribution in [0.2, 0.25) is 0 Å². The van der Waals surface area contributed by atoms with E-state index in [1.165, 1.54) is 24.3 Å². The van der Waals surface area contributed by atoms with Crippen molar-refractivity contribution in [1.29, 1.82) is 0 Å². The van der Waals surface area contributed by atoms with Crippen LogP contribution in [-0.2, 0) is 0 Å². The summed E-state index contributed by atoms with van der Waals surface area (Å²) in [6, 6.07) is 4.31. The SMILES string of the molecule is CC(NC(=O)O)C(NC(=O)Oc1ccc([N+](=O)[O-])cc1)C1CCCCC1. The van der Waals surface area contributed by atoms with E-state index in [4.69, 9.17) is 9.84 Å². The van der Waals surface area contributed by atoms with Gasteiger partial charge in [0.2, 0.25) is 0 Å². The van der Waals surface area contributed by atoms with Crippen molar-refractivity contribution in [1.82, 2.24) is 10.6 Å². The number of non-ortho nitro benzene ring substituents is 1. The molecule has 0 saturated heterocycles. The smallest absolute Gasteiger partial charge is 0.412 e. The first-order valence-corrected chi connectivity index (χ1v) is 8.59. The van der Waals surface area contributed by atoms with E-state index in [1.807, 2.05) is 0 Å². The van der Waals surface area contributed by atoms with Crippen molar-refractivity contribution in [2.24, 2.45) is 5.92 Å². The first-order valence-electron chi connectivity index (χ1n) is 8.59. The summed E-state index contributed by atoms with van der Waals surface area (Å²) in [5, 5.41) is 24.8. The van der Waals surface area contributed by atoms with Gasteiger partial charge in [-0.25, -0.2) is 9.59 Å². The van der Waals surface area contributed by atoms with E-state index in [1.54, 1.807) is 6.92 Å². The second-order valence-corrected chi connectivity index (χ2v) is 6.45. The van der Waals surface area contributed by atoms with Crippen LogP contribution in [0.4, 0.5) is 15.3 Å². The third-order valence-corrected chi connectivity index (χ3v) is 4.59. The number of hydrogen-bond donors (Lipinski definition) is 3. The molecule has 9 nitrogen and oxygen atoms in total. The average molecular weight is 365 g/mol. The molecule has 0 aromatic heterocycles. The highest BCUT2D eigenvalue weighted by Crippen LogP contribution is 2.28. The van der Waals surface area contributed by atoms with Crippen molar-refractivity contribution in [3.8, 4) is 5.75 Å². The number of nitro benzene ring substituents is 1. The van der Waals surface area contributed by atoms with Crippen LogP contribution in [0.3, 0.4) is 0 Å². The average Bonchev–Trinajstić information content (AvgIpc) is 2.60. The summed E-state index contributed by atoms with van der Waals surface area (Å²) in [6.45, 7) is 1.71. The van der Waals surface area contributed by atoms with Crippen LogP contribution >= 0.6 is 0 Å². The molecule has 1 fully saturated rings. The van der Waals surface area contributed by atoms with E-state index in [0.29, 0.717) is 0 Å². The van der Waals surface area contributed by atoms with Crippen LogP contribution in [0.1, 0.15) is 39.0 Å². The summed E-state index contributed by atoms with van der Waals surface area (Å²) in [4.78, 5) is 33.3. The Morgan fingerprint density at radius 2 is 1.81 bits per heavy atom. The van der Waals surface area contributed by atoms with Crippen molar-refractivity contribution >= 4 is 17.9 Å². The molecule has 1 saturated carbocycles. The number of benzene rings is 1. The van der Waals surface area contributed by atoms with Gasteiger partial charge in [-0.2, -0.15) is 0 Å².